The molecule has 0 atom stereocenters. The van der Waals surface area contributed by atoms with E-state index in [9.17, 15) is 13.2 Å². The fourth-order valence-electron chi connectivity index (χ4n) is 1.95. The van der Waals surface area contributed by atoms with Gasteiger partial charge >= 0.3 is 6.18 Å². The summed E-state index contributed by atoms with van der Waals surface area (Å²) in [5, 5.41) is 3.43. The van der Waals surface area contributed by atoms with Gasteiger partial charge in [-0.1, -0.05) is 11.6 Å². The first kappa shape index (κ1) is 12.7. The Hall–Kier alpha value is -0.790. The molecule has 1 aliphatic rings. The van der Waals surface area contributed by atoms with Crippen LogP contribution in [-0.2, 0) is 23.5 Å². The number of hydrogen-bond donors (Lipinski definition) is 1. The summed E-state index contributed by atoms with van der Waals surface area (Å²) in [7, 11) is 1.38. The Morgan fingerprint density at radius 1 is 1.53 bits per heavy atom. The highest BCUT2D eigenvalue weighted by Crippen LogP contribution is 2.53. The van der Waals surface area contributed by atoms with Crippen LogP contribution in [0, 0.1) is 0 Å². The van der Waals surface area contributed by atoms with Gasteiger partial charge in [-0.3, -0.25) is 4.68 Å². The summed E-state index contributed by atoms with van der Waals surface area (Å²) in [6.45, 7) is 0.0154. The molecular formula is C9H11ClF3N3O. The average molecular weight is 270 g/mol. The van der Waals surface area contributed by atoms with E-state index in [1.165, 1.54) is 7.05 Å². The molecule has 1 heterocycles. The topological polar surface area (TPSA) is 53.1 Å². The van der Waals surface area contributed by atoms with Crippen molar-refractivity contribution in [1.29, 1.82) is 0 Å². The second-order valence-electron chi connectivity index (χ2n) is 4.23. The summed E-state index contributed by atoms with van der Waals surface area (Å²) in [4.78, 5) is 4.49. The van der Waals surface area contributed by atoms with Gasteiger partial charge in [0.15, 0.2) is 5.69 Å². The van der Waals surface area contributed by atoms with Crippen molar-refractivity contribution in [3.8, 4) is 0 Å². The van der Waals surface area contributed by atoms with Crippen molar-refractivity contribution in [3.63, 3.8) is 0 Å². The van der Waals surface area contributed by atoms with Crippen LogP contribution < -0.4 is 5.90 Å². The predicted octanol–water partition coefficient (Wildman–Crippen LogP) is 2.01. The Morgan fingerprint density at radius 3 is 2.53 bits per heavy atom. The molecule has 0 saturated heterocycles. The van der Waals surface area contributed by atoms with Crippen LogP contribution in [0.25, 0.3) is 0 Å². The number of halogens is 4. The van der Waals surface area contributed by atoms with Gasteiger partial charge in [0, 0.05) is 18.0 Å². The molecule has 0 amide bonds. The number of aryl methyl sites for hydroxylation is 1. The quantitative estimate of drug-likeness (QED) is 0.854. The Bertz CT molecular complexity index is 439. The average Bonchev–Trinajstić information content (AvgIpc) is 2.89. The lowest BCUT2D eigenvalue weighted by Crippen LogP contribution is -2.22. The molecule has 2 N–H and O–H groups in total. The van der Waals surface area contributed by atoms with Gasteiger partial charge in [-0.15, -0.1) is 0 Å². The highest BCUT2D eigenvalue weighted by Gasteiger charge is 2.53. The Labute approximate surface area is 100 Å². The minimum absolute atomic E-state index is 0.000355. The summed E-state index contributed by atoms with van der Waals surface area (Å²) < 4.78 is 39.5. The van der Waals surface area contributed by atoms with E-state index in [2.05, 4.69) is 9.94 Å². The third-order valence-corrected chi connectivity index (χ3v) is 3.42. The van der Waals surface area contributed by atoms with Crippen LogP contribution in [-0.4, -0.2) is 16.4 Å². The van der Waals surface area contributed by atoms with Gasteiger partial charge in [0.2, 0.25) is 0 Å². The summed E-state index contributed by atoms with van der Waals surface area (Å²) in [6.07, 6.45) is -3.39. The number of hydrogen-bond acceptors (Lipinski definition) is 3. The van der Waals surface area contributed by atoms with Crippen molar-refractivity contribution in [2.75, 3.05) is 6.61 Å². The van der Waals surface area contributed by atoms with Gasteiger partial charge < -0.3 is 4.84 Å². The van der Waals surface area contributed by atoms with Gasteiger partial charge in [0.1, 0.15) is 5.15 Å². The Morgan fingerprint density at radius 2 is 2.12 bits per heavy atom. The molecule has 0 aliphatic heterocycles. The van der Waals surface area contributed by atoms with E-state index < -0.39 is 17.3 Å². The molecule has 17 heavy (non-hydrogen) atoms. The second kappa shape index (κ2) is 3.86. The van der Waals surface area contributed by atoms with E-state index in [0.717, 1.165) is 4.68 Å². The van der Waals surface area contributed by atoms with Crippen LogP contribution >= 0.6 is 11.6 Å². The fourth-order valence-corrected chi connectivity index (χ4v) is 2.28. The van der Waals surface area contributed by atoms with Crippen molar-refractivity contribution < 1.29 is 18.0 Å². The molecule has 0 unspecified atom stereocenters. The maximum atomic E-state index is 12.8. The van der Waals surface area contributed by atoms with E-state index >= 15 is 0 Å². The molecule has 0 spiro atoms. The van der Waals surface area contributed by atoms with Crippen LogP contribution in [0.2, 0.25) is 5.15 Å². The van der Waals surface area contributed by atoms with Crippen LogP contribution in [0.1, 0.15) is 24.1 Å². The zero-order valence-electron chi connectivity index (χ0n) is 9.01. The van der Waals surface area contributed by atoms with Gasteiger partial charge in [0.05, 0.1) is 6.61 Å². The lowest BCUT2D eigenvalue weighted by atomic mass is 9.97. The SMILES string of the molecule is Cn1nc(C(F)(F)F)c(C2(CON)CC2)c1Cl. The third kappa shape index (κ3) is 2.02. The summed E-state index contributed by atoms with van der Waals surface area (Å²) >= 11 is 5.88. The minimum atomic E-state index is -4.52. The molecule has 0 radical (unpaired) electrons. The Balaban J connectivity index is 2.53. The molecule has 1 saturated carbocycles. The van der Waals surface area contributed by atoms with E-state index in [4.69, 9.17) is 17.5 Å². The summed E-state index contributed by atoms with van der Waals surface area (Å²) in [5.41, 5.74) is -1.68. The highest BCUT2D eigenvalue weighted by molar-refractivity contribution is 6.30. The molecule has 1 aliphatic carbocycles. The molecule has 1 fully saturated rings. The van der Waals surface area contributed by atoms with Crippen LogP contribution in [0.15, 0.2) is 0 Å². The normalized spacial score (nSPS) is 18.5. The predicted molar refractivity (Wildman–Crippen MR) is 54.3 cm³/mol. The van der Waals surface area contributed by atoms with E-state index in [1.807, 2.05) is 0 Å². The van der Waals surface area contributed by atoms with Crippen LogP contribution in [0.4, 0.5) is 13.2 Å². The number of alkyl halides is 3. The second-order valence-corrected chi connectivity index (χ2v) is 4.59. The molecule has 96 valence electrons. The monoisotopic (exact) mass is 269 g/mol. The van der Waals surface area contributed by atoms with Gasteiger partial charge in [-0.25, -0.2) is 5.90 Å². The number of nitrogens with two attached hydrogens (primary N) is 1. The molecule has 4 nitrogen and oxygen atoms in total. The summed E-state index contributed by atoms with van der Waals surface area (Å²) in [6, 6.07) is 0. The molecule has 0 aromatic carbocycles. The Kier molecular flexibility index (Phi) is 2.87. The number of nitrogens with zero attached hydrogens (tertiary/aromatic N) is 2. The lowest BCUT2D eigenvalue weighted by molar-refractivity contribution is -0.142. The molecule has 1 aromatic rings. The van der Waals surface area contributed by atoms with Crippen molar-refractivity contribution in [3.05, 3.63) is 16.4 Å². The van der Waals surface area contributed by atoms with E-state index in [0.29, 0.717) is 12.8 Å². The molecule has 8 heteroatoms. The third-order valence-electron chi connectivity index (χ3n) is 2.99. The lowest BCUT2D eigenvalue weighted by Gasteiger charge is -2.15. The van der Waals surface area contributed by atoms with Gasteiger partial charge in [-0.05, 0) is 12.8 Å². The van der Waals surface area contributed by atoms with E-state index in [1.54, 1.807) is 0 Å². The van der Waals surface area contributed by atoms with Gasteiger partial charge in [-0.2, -0.15) is 18.3 Å². The smallest absolute Gasteiger partial charge is 0.304 e. The van der Waals surface area contributed by atoms with Crippen molar-refractivity contribution in [2.24, 2.45) is 12.9 Å². The summed E-state index contributed by atoms with van der Waals surface area (Å²) in [5.74, 6) is 4.96. The largest absolute Gasteiger partial charge is 0.435 e. The fraction of sp³-hybridized carbons (Fsp3) is 0.667. The molecule has 2 rings (SSSR count). The van der Waals surface area contributed by atoms with E-state index in [-0.39, 0.29) is 17.3 Å². The van der Waals surface area contributed by atoms with Crippen molar-refractivity contribution in [1.82, 2.24) is 9.78 Å². The molecule has 1 aromatic heterocycles. The number of rotatable bonds is 3. The van der Waals surface area contributed by atoms with Gasteiger partial charge in [0.25, 0.3) is 0 Å². The molecule has 0 bridgehead atoms. The minimum Gasteiger partial charge on any atom is -0.304 e. The maximum Gasteiger partial charge on any atom is 0.435 e. The zero-order chi connectivity index (χ0) is 12.8. The standard InChI is InChI=1S/C9H11ClF3N3O/c1-16-7(10)5(6(15-16)9(11,12)13)8(2-3-8)4-17-14/h2-4,14H2,1H3. The first-order chi connectivity index (χ1) is 7.82. The highest BCUT2D eigenvalue weighted by atomic mass is 35.5. The molecular weight excluding hydrogens is 259 g/mol. The first-order valence-corrected chi connectivity index (χ1v) is 5.31. The zero-order valence-corrected chi connectivity index (χ0v) is 9.77. The van der Waals surface area contributed by atoms with Crippen LogP contribution in [0.3, 0.4) is 0 Å². The van der Waals surface area contributed by atoms with Crippen LogP contribution in [0.5, 0.6) is 0 Å². The number of aromatic nitrogens is 2. The maximum absolute atomic E-state index is 12.8. The van der Waals surface area contributed by atoms with Crippen molar-refractivity contribution >= 4 is 11.6 Å². The van der Waals surface area contributed by atoms with Crippen molar-refractivity contribution in [2.45, 2.75) is 24.4 Å². The first-order valence-electron chi connectivity index (χ1n) is 4.94.